The van der Waals surface area contributed by atoms with Crippen LogP contribution in [0.15, 0.2) is 42.5 Å². The molecule has 0 bridgehead atoms. The lowest BCUT2D eigenvalue weighted by Crippen LogP contribution is -2.24. The summed E-state index contributed by atoms with van der Waals surface area (Å²) in [6.07, 6.45) is 0.0603. The minimum atomic E-state index is -0.872. The largest absolute Gasteiger partial charge is 0.485 e. The van der Waals surface area contributed by atoms with E-state index in [1.807, 2.05) is 25.1 Å². The van der Waals surface area contributed by atoms with Crippen LogP contribution in [0.2, 0.25) is 0 Å². The average Bonchev–Trinajstić information content (AvgIpc) is 2.35. The third kappa shape index (κ3) is 3.10. The molecule has 1 unspecified atom stereocenters. The van der Waals surface area contributed by atoms with E-state index in [4.69, 9.17) is 9.99 Å². The highest BCUT2D eigenvalue weighted by molar-refractivity contribution is 5.88. The van der Waals surface area contributed by atoms with Crippen molar-refractivity contribution in [2.75, 3.05) is 0 Å². The minimum Gasteiger partial charge on any atom is -0.485 e. The van der Waals surface area contributed by atoms with Crippen molar-refractivity contribution < 1.29 is 19.7 Å². The highest BCUT2D eigenvalue weighted by atomic mass is 17.1. The van der Waals surface area contributed by atoms with Gasteiger partial charge >= 0.3 is 5.97 Å². The molecule has 0 amide bonds. The Morgan fingerprint density at radius 2 is 2.06 bits per heavy atom. The topological polar surface area (TPSA) is 55.8 Å². The second-order valence-corrected chi connectivity index (χ2v) is 3.23. The molecule has 86 valence electrons. The van der Waals surface area contributed by atoms with Crippen LogP contribution in [0, 0.1) is 0 Å². The number of carbonyl (C=O) groups excluding carboxylic acids is 1. The molecule has 1 atom stereocenters. The lowest BCUT2D eigenvalue weighted by atomic mass is 10.1. The summed E-state index contributed by atoms with van der Waals surface area (Å²) in [5.41, 5.74) is 0.0915. The van der Waals surface area contributed by atoms with Gasteiger partial charge in [-0.3, -0.25) is 4.89 Å². The van der Waals surface area contributed by atoms with E-state index in [9.17, 15) is 4.79 Å². The first-order chi connectivity index (χ1) is 7.69. The van der Waals surface area contributed by atoms with Gasteiger partial charge in [0.25, 0.3) is 0 Å². The maximum atomic E-state index is 11.1. The van der Waals surface area contributed by atoms with E-state index in [0.717, 1.165) is 0 Å². The second-order valence-electron chi connectivity index (χ2n) is 3.23. The summed E-state index contributed by atoms with van der Waals surface area (Å²) in [5.74, 6) is -0.232. The van der Waals surface area contributed by atoms with Gasteiger partial charge in [-0.2, -0.15) is 5.26 Å². The number of carbonyl (C=O) groups is 1. The Balaban J connectivity index is 2.69. The van der Waals surface area contributed by atoms with Crippen LogP contribution < -0.4 is 4.74 Å². The van der Waals surface area contributed by atoms with Crippen molar-refractivity contribution in [1.82, 2.24) is 0 Å². The van der Waals surface area contributed by atoms with Gasteiger partial charge in [-0.1, -0.05) is 31.7 Å². The van der Waals surface area contributed by atoms with Crippen molar-refractivity contribution in [3.63, 3.8) is 0 Å². The smallest absolute Gasteiger partial charge is 0.371 e. The van der Waals surface area contributed by atoms with Crippen LogP contribution in [0.3, 0.4) is 0 Å². The zero-order chi connectivity index (χ0) is 12.0. The van der Waals surface area contributed by atoms with Crippen molar-refractivity contribution in [2.45, 2.75) is 19.4 Å². The van der Waals surface area contributed by atoms with E-state index >= 15 is 0 Å². The van der Waals surface area contributed by atoms with Crippen molar-refractivity contribution in [3.05, 3.63) is 42.5 Å². The number of hydrogen-bond acceptors (Lipinski definition) is 4. The van der Waals surface area contributed by atoms with Gasteiger partial charge in [0.2, 0.25) is 0 Å². The van der Waals surface area contributed by atoms with E-state index in [1.54, 1.807) is 12.1 Å². The number of ether oxygens (including phenoxy) is 1. The molecule has 4 heteroatoms. The van der Waals surface area contributed by atoms with Crippen molar-refractivity contribution in [3.8, 4) is 5.75 Å². The van der Waals surface area contributed by atoms with Gasteiger partial charge in [-0.05, 0) is 18.6 Å². The molecule has 0 aromatic heterocycles. The highest BCUT2D eigenvalue weighted by Crippen LogP contribution is 2.17. The van der Waals surface area contributed by atoms with Crippen molar-refractivity contribution in [2.24, 2.45) is 0 Å². The highest BCUT2D eigenvalue weighted by Gasteiger charge is 2.20. The molecule has 1 aromatic carbocycles. The van der Waals surface area contributed by atoms with Crippen molar-refractivity contribution in [1.29, 1.82) is 0 Å². The number of rotatable bonds is 5. The van der Waals surface area contributed by atoms with Crippen LogP contribution in [0.5, 0.6) is 5.75 Å². The molecule has 4 nitrogen and oxygen atoms in total. The van der Waals surface area contributed by atoms with Crippen LogP contribution >= 0.6 is 0 Å². The van der Waals surface area contributed by atoms with Gasteiger partial charge in [0.15, 0.2) is 0 Å². The fourth-order valence-corrected chi connectivity index (χ4v) is 1.25. The standard InChI is InChI=1S/C12H14O4/c1-3-11(9(2)12(13)16-14)15-10-7-5-4-6-8-10/h4-8,11,14H,2-3H2,1H3. The Labute approximate surface area is 94.0 Å². The zero-order valence-corrected chi connectivity index (χ0v) is 9.05. The summed E-state index contributed by atoms with van der Waals surface area (Å²) in [6, 6.07) is 9.08. The molecule has 16 heavy (non-hydrogen) atoms. The monoisotopic (exact) mass is 222 g/mol. The molecular weight excluding hydrogens is 208 g/mol. The molecule has 0 fully saturated rings. The summed E-state index contributed by atoms with van der Waals surface area (Å²) < 4.78 is 5.54. The summed E-state index contributed by atoms with van der Waals surface area (Å²) in [4.78, 5) is 14.7. The fourth-order valence-electron chi connectivity index (χ4n) is 1.25. The third-order valence-electron chi connectivity index (χ3n) is 2.13. The number of hydrogen-bond donors (Lipinski definition) is 1. The van der Waals surface area contributed by atoms with E-state index in [-0.39, 0.29) is 5.57 Å². The quantitative estimate of drug-likeness (QED) is 0.472. The summed E-state index contributed by atoms with van der Waals surface area (Å²) in [7, 11) is 0. The first-order valence-corrected chi connectivity index (χ1v) is 4.95. The van der Waals surface area contributed by atoms with Crippen LogP contribution in [0.1, 0.15) is 13.3 Å². The number of para-hydroxylation sites is 1. The normalized spacial score (nSPS) is 11.6. The molecule has 0 aliphatic rings. The molecule has 0 saturated carbocycles. The number of benzene rings is 1. The molecular formula is C12H14O4. The Morgan fingerprint density at radius 1 is 1.44 bits per heavy atom. The molecule has 0 aliphatic heterocycles. The predicted molar refractivity (Wildman–Crippen MR) is 59.0 cm³/mol. The zero-order valence-electron chi connectivity index (χ0n) is 9.05. The van der Waals surface area contributed by atoms with Crippen LogP contribution in [-0.2, 0) is 9.68 Å². The molecule has 1 rings (SSSR count). The van der Waals surface area contributed by atoms with Crippen LogP contribution in [0.4, 0.5) is 0 Å². The third-order valence-corrected chi connectivity index (χ3v) is 2.13. The molecule has 0 aliphatic carbocycles. The summed E-state index contributed by atoms with van der Waals surface area (Å²) >= 11 is 0. The lowest BCUT2D eigenvalue weighted by molar-refractivity contribution is -0.230. The van der Waals surface area contributed by atoms with Gasteiger partial charge in [0.1, 0.15) is 11.9 Å². The Bertz CT molecular complexity index is 359. The Hall–Kier alpha value is -1.81. The van der Waals surface area contributed by atoms with Crippen LogP contribution in [-0.4, -0.2) is 17.3 Å². The molecule has 1 aromatic rings. The van der Waals surface area contributed by atoms with E-state index in [1.165, 1.54) is 0 Å². The molecule has 0 saturated heterocycles. The second kappa shape index (κ2) is 5.92. The summed E-state index contributed by atoms with van der Waals surface area (Å²) in [6.45, 7) is 5.38. The van der Waals surface area contributed by atoms with Gasteiger partial charge in [0, 0.05) is 0 Å². The fraction of sp³-hybridized carbons (Fsp3) is 0.250. The first-order valence-electron chi connectivity index (χ1n) is 4.95. The van der Waals surface area contributed by atoms with E-state index in [2.05, 4.69) is 11.5 Å². The molecule has 1 N–H and O–H groups in total. The Morgan fingerprint density at radius 3 is 2.56 bits per heavy atom. The Kier molecular flexibility index (Phi) is 4.54. The minimum absolute atomic E-state index is 0.0915. The summed E-state index contributed by atoms with van der Waals surface area (Å²) in [5, 5.41) is 8.25. The SMILES string of the molecule is C=C(C(=O)OO)C(CC)Oc1ccccc1. The van der Waals surface area contributed by atoms with Crippen molar-refractivity contribution >= 4 is 5.97 Å². The maximum Gasteiger partial charge on any atom is 0.371 e. The van der Waals surface area contributed by atoms with Gasteiger partial charge in [0.05, 0.1) is 5.57 Å². The predicted octanol–water partition coefficient (Wildman–Crippen LogP) is 2.42. The lowest BCUT2D eigenvalue weighted by Gasteiger charge is -2.17. The van der Waals surface area contributed by atoms with Gasteiger partial charge in [-0.25, -0.2) is 4.79 Å². The maximum absolute atomic E-state index is 11.1. The van der Waals surface area contributed by atoms with E-state index < -0.39 is 12.1 Å². The first kappa shape index (κ1) is 12.3. The van der Waals surface area contributed by atoms with Gasteiger partial charge < -0.3 is 4.74 Å². The molecule has 0 heterocycles. The van der Waals surface area contributed by atoms with E-state index in [0.29, 0.717) is 12.2 Å². The molecule has 0 radical (unpaired) electrons. The van der Waals surface area contributed by atoms with Crippen LogP contribution in [0.25, 0.3) is 0 Å². The van der Waals surface area contributed by atoms with Gasteiger partial charge in [-0.15, -0.1) is 0 Å². The molecule has 0 spiro atoms. The average molecular weight is 222 g/mol.